The number of nitrogens with one attached hydrogen (secondary N) is 1. The fourth-order valence-electron chi connectivity index (χ4n) is 3.04. The average Bonchev–Trinajstić information content (AvgIpc) is 2.28. The first-order chi connectivity index (χ1) is 9.24. The van der Waals surface area contributed by atoms with Crippen LogP contribution >= 0.6 is 0 Å². The minimum absolute atomic E-state index is 0.183. The highest BCUT2D eigenvalue weighted by Crippen LogP contribution is 2.32. The molecule has 1 aromatic heterocycles. The third-order valence-electron chi connectivity index (χ3n) is 3.40. The number of aromatic nitrogens is 2. The highest BCUT2D eigenvalue weighted by Gasteiger charge is 2.39. The van der Waals surface area contributed by atoms with E-state index in [-0.39, 0.29) is 11.2 Å². The van der Waals surface area contributed by atoms with Gasteiger partial charge in [-0.1, -0.05) is 0 Å². The van der Waals surface area contributed by atoms with Crippen LogP contribution in [0.25, 0.3) is 0 Å². The highest BCUT2D eigenvalue weighted by atomic mass is 16.5. The van der Waals surface area contributed by atoms with Gasteiger partial charge in [-0.15, -0.1) is 0 Å². The first-order valence-electron chi connectivity index (χ1n) is 7.25. The van der Waals surface area contributed by atoms with E-state index in [9.17, 15) is 0 Å². The Morgan fingerprint density at radius 3 is 2.35 bits per heavy atom. The fourth-order valence-corrected chi connectivity index (χ4v) is 3.04. The molecule has 5 nitrogen and oxygen atoms in total. The molecule has 112 valence electrons. The van der Waals surface area contributed by atoms with E-state index < -0.39 is 0 Å². The van der Waals surface area contributed by atoms with Crippen LogP contribution in [0.4, 0.5) is 11.6 Å². The van der Waals surface area contributed by atoms with Crippen molar-refractivity contribution in [2.75, 3.05) is 29.9 Å². The molecule has 1 aliphatic rings. The van der Waals surface area contributed by atoms with E-state index in [4.69, 9.17) is 4.74 Å². The molecule has 0 saturated carbocycles. The summed E-state index contributed by atoms with van der Waals surface area (Å²) in [6, 6.07) is 0. The molecule has 0 aliphatic carbocycles. The van der Waals surface area contributed by atoms with Crippen LogP contribution in [-0.4, -0.2) is 40.8 Å². The monoisotopic (exact) mass is 278 g/mol. The van der Waals surface area contributed by atoms with E-state index in [1.54, 1.807) is 6.33 Å². The van der Waals surface area contributed by atoms with Gasteiger partial charge in [0, 0.05) is 25.2 Å². The largest absolute Gasteiger partial charge is 0.370 e. The molecule has 0 spiro atoms. The number of morpholine rings is 1. The number of nitrogens with zero attached hydrogens (tertiary/aromatic N) is 3. The first-order valence-corrected chi connectivity index (χ1v) is 7.25. The van der Waals surface area contributed by atoms with Crippen LogP contribution in [0.5, 0.6) is 0 Å². The second-order valence-electron chi connectivity index (χ2n) is 6.68. The van der Waals surface area contributed by atoms with E-state index >= 15 is 0 Å². The molecule has 1 aromatic rings. The Morgan fingerprint density at radius 2 is 1.80 bits per heavy atom. The quantitative estimate of drug-likeness (QED) is 0.921. The standard InChI is InChI=1S/C15H26N4O/c1-7-16-12-11(2)13(18-10-17-12)19-8-14(3,4)20-15(5,6)9-19/h10H,7-9H2,1-6H3,(H,16,17,18). The van der Waals surface area contributed by atoms with Gasteiger partial charge >= 0.3 is 0 Å². The van der Waals surface area contributed by atoms with Crippen LogP contribution in [0.3, 0.4) is 0 Å². The highest BCUT2D eigenvalue weighted by molar-refractivity contribution is 5.58. The molecule has 2 heterocycles. The van der Waals surface area contributed by atoms with Crippen LogP contribution in [0.1, 0.15) is 40.2 Å². The summed E-state index contributed by atoms with van der Waals surface area (Å²) in [4.78, 5) is 11.1. The second-order valence-corrected chi connectivity index (χ2v) is 6.68. The Labute approximate surface area is 121 Å². The summed E-state index contributed by atoms with van der Waals surface area (Å²) < 4.78 is 6.13. The van der Waals surface area contributed by atoms with Gasteiger partial charge in [0.15, 0.2) is 0 Å². The average molecular weight is 278 g/mol. The number of hydrogen-bond donors (Lipinski definition) is 1. The minimum Gasteiger partial charge on any atom is -0.370 e. The van der Waals surface area contributed by atoms with Crippen LogP contribution in [0.2, 0.25) is 0 Å². The SMILES string of the molecule is CCNc1ncnc(N2CC(C)(C)OC(C)(C)C2)c1C. The zero-order valence-electron chi connectivity index (χ0n) is 13.4. The molecule has 0 bridgehead atoms. The molecule has 0 radical (unpaired) electrons. The Kier molecular flexibility index (Phi) is 3.91. The predicted molar refractivity (Wildman–Crippen MR) is 82.4 cm³/mol. The Morgan fingerprint density at radius 1 is 1.20 bits per heavy atom. The van der Waals surface area contributed by atoms with Crippen LogP contribution in [0.15, 0.2) is 6.33 Å². The van der Waals surface area contributed by atoms with Crippen molar-refractivity contribution >= 4 is 11.6 Å². The van der Waals surface area contributed by atoms with E-state index in [1.165, 1.54) is 0 Å². The minimum atomic E-state index is -0.183. The predicted octanol–water partition coefficient (Wildman–Crippen LogP) is 2.61. The van der Waals surface area contributed by atoms with Gasteiger partial charge in [-0.2, -0.15) is 0 Å². The van der Waals surface area contributed by atoms with Gasteiger partial charge in [-0.25, -0.2) is 9.97 Å². The maximum Gasteiger partial charge on any atom is 0.137 e. The lowest BCUT2D eigenvalue weighted by Crippen LogP contribution is -2.57. The summed E-state index contributed by atoms with van der Waals surface area (Å²) >= 11 is 0. The molecule has 1 N–H and O–H groups in total. The molecule has 0 aromatic carbocycles. The van der Waals surface area contributed by atoms with Crippen molar-refractivity contribution in [3.63, 3.8) is 0 Å². The summed E-state index contributed by atoms with van der Waals surface area (Å²) in [6.45, 7) is 15.2. The van der Waals surface area contributed by atoms with Gasteiger partial charge < -0.3 is 15.0 Å². The van der Waals surface area contributed by atoms with Crippen molar-refractivity contribution in [1.82, 2.24) is 9.97 Å². The van der Waals surface area contributed by atoms with Gasteiger partial charge in [0.2, 0.25) is 0 Å². The summed E-state index contributed by atoms with van der Waals surface area (Å²) in [6.07, 6.45) is 1.63. The zero-order valence-corrected chi connectivity index (χ0v) is 13.4. The molecule has 1 saturated heterocycles. The lowest BCUT2D eigenvalue weighted by Gasteiger charge is -2.47. The van der Waals surface area contributed by atoms with E-state index in [0.717, 1.165) is 36.8 Å². The summed E-state index contributed by atoms with van der Waals surface area (Å²) in [5.74, 6) is 1.92. The third kappa shape index (κ3) is 3.20. The molecular formula is C15H26N4O. The van der Waals surface area contributed by atoms with Gasteiger partial charge in [0.05, 0.1) is 11.2 Å². The molecule has 0 unspecified atom stereocenters. The molecule has 0 atom stereocenters. The van der Waals surface area contributed by atoms with Gasteiger partial charge in [0.25, 0.3) is 0 Å². The van der Waals surface area contributed by atoms with E-state index in [1.807, 2.05) is 0 Å². The van der Waals surface area contributed by atoms with Crippen molar-refractivity contribution in [1.29, 1.82) is 0 Å². The molecule has 20 heavy (non-hydrogen) atoms. The van der Waals surface area contributed by atoms with E-state index in [2.05, 4.69) is 61.7 Å². The van der Waals surface area contributed by atoms with Crippen LogP contribution < -0.4 is 10.2 Å². The Bertz CT molecular complexity index is 469. The van der Waals surface area contributed by atoms with Crippen molar-refractivity contribution in [3.05, 3.63) is 11.9 Å². The number of rotatable bonds is 3. The van der Waals surface area contributed by atoms with Crippen molar-refractivity contribution in [2.45, 2.75) is 52.7 Å². The summed E-state index contributed by atoms with van der Waals surface area (Å²) in [5.41, 5.74) is 0.734. The summed E-state index contributed by atoms with van der Waals surface area (Å²) in [5, 5.41) is 3.29. The van der Waals surface area contributed by atoms with E-state index in [0.29, 0.717) is 0 Å². The van der Waals surface area contributed by atoms with Gasteiger partial charge in [-0.3, -0.25) is 0 Å². The Hall–Kier alpha value is -1.36. The normalized spacial score (nSPS) is 20.8. The molecular weight excluding hydrogens is 252 g/mol. The number of hydrogen-bond acceptors (Lipinski definition) is 5. The first kappa shape index (κ1) is 15.0. The lowest BCUT2D eigenvalue weighted by atomic mass is 9.98. The van der Waals surface area contributed by atoms with Crippen LogP contribution in [-0.2, 0) is 4.74 Å². The second kappa shape index (κ2) is 5.20. The fraction of sp³-hybridized carbons (Fsp3) is 0.733. The van der Waals surface area contributed by atoms with Crippen molar-refractivity contribution in [2.24, 2.45) is 0 Å². The summed E-state index contributed by atoms with van der Waals surface area (Å²) in [7, 11) is 0. The number of anilines is 2. The Balaban J connectivity index is 2.33. The topological polar surface area (TPSA) is 50.3 Å². The third-order valence-corrected chi connectivity index (χ3v) is 3.40. The molecule has 1 aliphatic heterocycles. The maximum atomic E-state index is 6.13. The van der Waals surface area contributed by atoms with Crippen LogP contribution in [0, 0.1) is 6.92 Å². The zero-order chi connectivity index (χ0) is 15.0. The molecule has 2 rings (SSSR count). The molecule has 0 amide bonds. The van der Waals surface area contributed by atoms with Crippen molar-refractivity contribution < 1.29 is 4.74 Å². The van der Waals surface area contributed by atoms with Gasteiger partial charge in [0.1, 0.15) is 18.0 Å². The van der Waals surface area contributed by atoms with Crippen molar-refractivity contribution in [3.8, 4) is 0 Å². The molecule has 1 fully saturated rings. The lowest BCUT2D eigenvalue weighted by molar-refractivity contribution is -0.133. The molecule has 5 heteroatoms. The number of ether oxygens (including phenoxy) is 1. The maximum absolute atomic E-state index is 6.13. The smallest absolute Gasteiger partial charge is 0.137 e. The van der Waals surface area contributed by atoms with Gasteiger partial charge in [-0.05, 0) is 41.5 Å².